The lowest BCUT2D eigenvalue weighted by atomic mass is 9.96. The lowest BCUT2D eigenvalue weighted by molar-refractivity contribution is -0.145. The highest BCUT2D eigenvalue weighted by atomic mass is 35.5. The molecule has 0 spiro atoms. The van der Waals surface area contributed by atoms with Gasteiger partial charge in [0.15, 0.2) is 0 Å². The van der Waals surface area contributed by atoms with Gasteiger partial charge in [-0.25, -0.2) is 4.79 Å². The van der Waals surface area contributed by atoms with Crippen molar-refractivity contribution in [2.75, 3.05) is 0 Å². The molecule has 0 aromatic heterocycles. The van der Waals surface area contributed by atoms with Gasteiger partial charge in [0.25, 0.3) is 0 Å². The van der Waals surface area contributed by atoms with Crippen LogP contribution in [0.25, 0.3) is 0 Å². The highest BCUT2D eigenvalue weighted by Gasteiger charge is 2.44. The molecule has 0 unspecified atom stereocenters. The van der Waals surface area contributed by atoms with Gasteiger partial charge in [-0.1, -0.05) is 11.6 Å². The van der Waals surface area contributed by atoms with Crippen LogP contribution in [-0.4, -0.2) is 22.3 Å². The van der Waals surface area contributed by atoms with Crippen molar-refractivity contribution in [2.45, 2.75) is 38.9 Å². The van der Waals surface area contributed by atoms with Gasteiger partial charge in [0, 0.05) is 0 Å². The molecule has 0 saturated carbocycles. The van der Waals surface area contributed by atoms with Crippen molar-refractivity contribution in [3.8, 4) is 0 Å². The van der Waals surface area contributed by atoms with Crippen LogP contribution in [0, 0.1) is 0 Å². The first-order chi connectivity index (χ1) is 5.66. The SMILES string of the molecule is CC(C)(O)C1=C(Cl)C(C)(C)OC1=O. The maximum Gasteiger partial charge on any atom is 0.339 e. The van der Waals surface area contributed by atoms with E-state index < -0.39 is 17.2 Å². The van der Waals surface area contributed by atoms with Crippen LogP contribution >= 0.6 is 11.6 Å². The predicted octanol–water partition coefficient (Wildman–Crippen LogP) is 1.59. The zero-order valence-electron chi connectivity index (χ0n) is 8.14. The average Bonchev–Trinajstić information content (AvgIpc) is 1.99. The minimum Gasteiger partial charge on any atom is -0.450 e. The van der Waals surface area contributed by atoms with E-state index in [1.165, 1.54) is 13.8 Å². The summed E-state index contributed by atoms with van der Waals surface area (Å²) in [6.45, 7) is 6.39. The second kappa shape index (κ2) is 2.72. The largest absolute Gasteiger partial charge is 0.450 e. The van der Waals surface area contributed by atoms with E-state index in [-0.39, 0.29) is 10.6 Å². The Bertz CT molecular complexity index is 284. The topological polar surface area (TPSA) is 46.5 Å². The maximum absolute atomic E-state index is 11.3. The Balaban J connectivity index is 3.22. The van der Waals surface area contributed by atoms with Crippen molar-refractivity contribution in [1.29, 1.82) is 0 Å². The second-order valence-corrected chi connectivity index (χ2v) is 4.53. The number of hydrogen-bond donors (Lipinski definition) is 1. The number of carbonyl (C=O) groups is 1. The number of aliphatic hydroxyl groups is 1. The molecule has 0 amide bonds. The van der Waals surface area contributed by atoms with E-state index in [0.29, 0.717) is 0 Å². The molecule has 0 bridgehead atoms. The molecule has 0 atom stereocenters. The molecule has 1 heterocycles. The Labute approximate surface area is 82.3 Å². The van der Waals surface area contributed by atoms with Crippen molar-refractivity contribution in [3.63, 3.8) is 0 Å². The van der Waals surface area contributed by atoms with Crippen molar-refractivity contribution in [2.24, 2.45) is 0 Å². The number of halogens is 1. The summed E-state index contributed by atoms with van der Waals surface area (Å²) in [4.78, 5) is 11.3. The normalized spacial score (nSPS) is 22.2. The summed E-state index contributed by atoms with van der Waals surface area (Å²) < 4.78 is 5.00. The zero-order valence-corrected chi connectivity index (χ0v) is 8.90. The fourth-order valence-corrected chi connectivity index (χ4v) is 1.58. The summed E-state index contributed by atoms with van der Waals surface area (Å²) in [7, 11) is 0. The molecule has 1 aliphatic rings. The Morgan fingerprint density at radius 3 is 2.08 bits per heavy atom. The van der Waals surface area contributed by atoms with Gasteiger partial charge in [-0.2, -0.15) is 0 Å². The van der Waals surface area contributed by atoms with E-state index in [4.69, 9.17) is 16.3 Å². The molecule has 0 aromatic rings. The van der Waals surface area contributed by atoms with E-state index in [9.17, 15) is 9.90 Å². The molecule has 0 saturated heterocycles. The molecule has 1 rings (SSSR count). The molecule has 0 fully saturated rings. The first-order valence-corrected chi connectivity index (χ1v) is 4.40. The van der Waals surface area contributed by atoms with Gasteiger partial charge < -0.3 is 9.84 Å². The van der Waals surface area contributed by atoms with Crippen molar-refractivity contribution >= 4 is 17.6 Å². The first kappa shape index (κ1) is 10.5. The van der Waals surface area contributed by atoms with Crippen molar-refractivity contribution in [3.05, 3.63) is 10.6 Å². The highest BCUT2D eigenvalue weighted by molar-refractivity contribution is 6.34. The van der Waals surface area contributed by atoms with E-state index in [1.54, 1.807) is 13.8 Å². The third-order valence-corrected chi connectivity index (χ3v) is 2.56. The van der Waals surface area contributed by atoms with E-state index >= 15 is 0 Å². The highest BCUT2D eigenvalue weighted by Crippen LogP contribution is 2.39. The van der Waals surface area contributed by atoms with Crippen LogP contribution in [0.3, 0.4) is 0 Å². The molecular formula is C9H13ClO3. The summed E-state index contributed by atoms with van der Waals surface area (Å²) in [5.41, 5.74) is -1.91. The number of carbonyl (C=O) groups excluding carboxylic acids is 1. The third kappa shape index (κ3) is 1.71. The van der Waals surface area contributed by atoms with Crippen molar-refractivity contribution < 1.29 is 14.6 Å². The van der Waals surface area contributed by atoms with E-state index in [0.717, 1.165) is 0 Å². The molecule has 3 nitrogen and oxygen atoms in total. The molecule has 1 N–H and O–H groups in total. The molecule has 0 radical (unpaired) electrons. The standard InChI is InChI=1S/C9H13ClO3/c1-8(2,12)5-6(10)9(3,4)13-7(5)11/h12H,1-4H3. The van der Waals surface area contributed by atoms with Crippen LogP contribution in [-0.2, 0) is 9.53 Å². The quantitative estimate of drug-likeness (QED) is 0.660. The van der Waals surface area contributed by atoms with Crippen LogP contribution in [0.5, 0.6) is 0 Å². The van der Waals surface area contributed by atoms with Crippen LogP contribution in [0.15, 0.2) is 10.6 Å². The fourth-order valence-electron chi connectivity index (χ4n) is 1.24. The monoisotopic (exact) mass is 204 g/mol. The minimum atomic E-state index is -1.25. The summed E-state index contributed by atoms with van der Waals surface area (Å²) in [5, 5.41) is 9.93. The summed E-state index contributed by atoms with van der Waals surface area (Å²) in [6, 6.07) is 0. The number of ether oxygens (including phenoxy) is 1. The van der Waals surface area contributed by atoms with Gasteiger partial charge in [-0.15, -0.1) is 0 Å². The number of hydrogen-bond acceptors (Lipinski definition) is 3. The number of cyclic esters (lactones) is 1. The molecule has 74 valence electrons. The molecule has 4 heteroatoms. The van der Waals surface area contributed by atoms with Crippen molar-refractivity contribution in [1.82, 2.24) is 0 Å². The number of rotatable bonds is 1. The van der Waals surface area contributed by atoms with Gasteiger partial charge in [0.2, 0.25) is 0 Å². The summed E-state index contributed by atoms with van der Waals surface area (Å²) in [5.74, 6) is -0.539. The van der Waals surface area contributed by atoms with Crippen LogP contribution in [0.2, 0.25) is 0 Å². The van der Waals surface area contributed by atoms with Crippen LogP contribution in [0.4, 0.5) is 0 Å². The van der Waals surface area contributed by atoms with Gasteiger partial charge >= 0.3 is 5.97 Å². The minimum absolute atomic E-state index is 0.152. The fraction of sp³-hybridized carbons (Fsp3) is 0.667. The molecular weight excluding hydrogens is 192 g/mol. The van der Waals surface area contributed by atoms with Crippen LogP contribution in [0.1, 0.15) is 27.7 Å². The van der Waals surface area contributed by atoms with Gasteiger partial charge in [-0.05, 0) is 27.7 Å². The number of esters is 1. The Morgan fingerprint density at radius 2 is 1.92 bits per heavy atom. The summed E-state index contributed by atoms with van der Waals surface area (Å²) in [6.07, 6.45) is 0. The predicted molar refractivity (Wildman–Crippen MR) is 49.3 cm³/mol. The Morgan fingerprint density at radius 1 is 1.46 bits per heavy atom. The van der Waals surface area contributed by atoms with E-state index in [1.807, 2.05) is 0 Å². The molecule has 13 heavy (non-hydrogen) atoms. The molecule has 1 aliphatic heterocycles. The van der Waals surface area contributed by atoms with Gasteiger partial charge in [0.05, 0.1) is 16.2 Å². The average molecular weight is 205 g/mol. The molecule has 0 aromatic carbocycles. The maximum atomic E-state index is 11.3. The van der Waals surface area contributed by atoms with Crippen LogP contribution < -0.4 is 0 Å². The zero-order chi connectivity index (χ0) is 10.4. The lowest BCUT2D eigenvalue weighted by Gasteiger charge is -2.17. The molecule has 0 aliphatic carbocycles. The Hall–Kier alpha value is -0.540. The lowest BCUT2D eigenvalue weighted by Crippen LogP contribution is -2.26. The van der Waals surface area contributed by atoms with Gasteiger partial charge in [-0.3, -0.25) is 0 Å². The third-order valence-electron chi connectivity index (χ3n) is 1.91. The first-order valence-electron chi connectivity index (χ1n) is 4.02. The smallest absolute Gasteiger partial charge is 0.339 e. The van der Waals surface area contributed by atoms with E-state index in [2.05, 4.69) is 0 Å². The summed E-state index contributed by atoms with van der Waals surface area (Å²) >= 11 is 5.92. The Kier molecular flexibility index (Phi) is 2.21. The second-order valence-electron chi connectivity index (χ2n) is 4.15. The van der Waals surface area contributed by atoms with Gasteiger partial charge in [0.1, 0.15) is 5.60 Å².